The Bertz CT molecular complexity index is 785. The highest BCUT2D eigenvalue weighted by molar-refractivity contribution is 7.89. The number of hydrogen-bond acceptors (Lipinski definition) is 6. The Morgan fingerprint density at radius 3 is 2.30 bits per heavy atom. The topological polar surface area (TPSA) is 119 Å². The van der Waals surface area contributed by atoms with Crippen molar-refractivity contribution in [2.45, 2.75) is 61.8 Å². The van der Waals surface area contributed by atoms with Crippen LogP contribution in [0.3, 0.4) is 0 Å². The van der Waals surface area contributed by atoms with Gasteiger partial charge in [-0.15, -0.1) is 0 Å². The van der Waals surface area contributed by atoms with Crippen LogP contribution in [0, 0.1) is 10.1 Å². The zero-order chi connectivity index (χ0) is 19.5. The predicted molar refractivity (Wildman–Crippen MR) is 104 cm³/mol. The van der Waals surface area contributed by atoms with E-state index in [2.05, 4.69) is 10.2 Å². The molecule has 3 N–H and O–H groups in total. The number of nitrogens with one attached hydrogen (secondary N) is 1. The van der Waals surface area contributed by atoms with Crippen LogP contribution in [0.1, 0.15) is 51.4 Å². The molecule has 8 nitrogen and oxygen atoms in total. The average molecular weight is 397 g/mol. The van der Waals surface area contributed by atoms with Gasteiger partial charge < -0.3 is 5.32 Å². The van der Waals surface area contributed by atoms with E-state index in [1.165, 1.54) is 50.7 Å². The maximum Gasteiger partial charge on any atom is 0.272 e. The second-order valence-corrected chi connectivity index (χ2v) is 9.27. The molecule has 27 heavy (non-hydrogen) atoms. The molecule has 2 aliphatic rings. The van der Waals surface area contributed by atoms with Crippen LogP contribution in [0.2, 0.25) is 0 Å². The summed E-state index contributed by atoms with van der Waals surface area (Å²) in [6.07, 6.45) is 9.45. The summed E-state index contributed by atoms with van der Waals surface area (Å²) in [6.45, 7) is 2.82. The normalized spacial score (nSPS) is 20.9. The monoisotopic (exact) mass is 396 g/mol. The molecule has 0 radical (unpaired) electrons. The summed E-state index contributed by atoms with van der Waals surface area (Å²) in [4.78, 5) is 12.9. The van der Waals surface area contributed by atoms with Crippen LogP contribution in [0.25, 0.3) is 0 Å². The third kappa shape index (κ3) is 4.77. The number of nitrogens with two attached hydrogens (primary N) is 1. The molecule has 1 aliphatic heterocycles. The fourth-order valence-corrected chi connectivity index (χ4v) is 4.98. The van der Waals surface area contributed by atoms with Gasteiger partial charge in [0.2, 0.25) is 10.0 Å². The minimum atomic E-state index is -4.02. The molecule has 0 amide bonds. The maximum atomic E-state index is 11.7. The first kappa shape index (κ1) is 20.0. The van der Waals surface area contributed by atoms with Gasteiger partial charge in [-0.2, -0.15) is 0 Å². The number of piperidine rings is 1. The SMILES string of the molecule is NS(=O)(=O)c1cc(NCC2(N3CCCCC3)CCCCC2)cc([N+](=O)[O-])c1. The number of primary sulfonamides is 1. The molecule has 0 atom stereocenters. The van der Waals surface area contributed by atoms with Crippen molar-refractivity contribution < 1.29 is 13.3 Å². The zero-order valence-corrected chi connectivity index (χ0v) is 16.3. The quantitative estimate of drug-likeness (QED) is 0.564. The number of nitro groups is 1. The van der Waals surface area contributed by atoms with E-state index in [1.807, 2.05) is 0 Å². The smallest absolute Gasteiger partial charge is 0.272 e. The van der Waals surface area contributed by atoms with Gasteiger partial charge >= 0.3 is 0 Å². The zero-order valence-electron chi connectivity index (χ0n) is 15.5. The lowest BCUT2D eigenvalue weighted by Gasteiger charge is -2.48. The summed E-state index contributed by atoms with van der Waals surface area (Å²) in [6, 6.07) is 3.76. The summed E-state index contributed by atoms with van der Waals surface area (Å²) in [5.74, 6) is 0. The van der Waals surface area contributed by atoms with Gasteiger partial charge in [0.25, 0.3) is 5.69 Å². The number of nitrogens with zero attached hydrogens (tertiary/aromatic N) is 2. The van der Waals surface area contributed by atoms with Gasteiger partial charge in [-0.05, 0) is 44.8 Å². The van der Waals surface area contributed by atoms with Gasteiger partial charge in [0.15, 0.2) is 0 Å². The summed E-state index contributed by atoms with van der Waals surface area (Å²) in [5.41, 5.74) is 0.181. The minimum absolute atomic E-state index is 0.0328. The molecular weight excluding hydrogens is 368 g/mol. The Labute approximate surface area is 160 Å². The molecule has 1 aromatic carbocycles. The average Bonchev–Trinajstić information content (AvgIpc) is 2.67. The minimum Gasteiger partial charge on any atom is -0.383 e. The lowest BCUT2D eigenvalue weighted by molar-refractivity contribution is -0.385. The molecular formula is C18H28N4O4S. The van der Waals surface area contributed by atoms with E-state index < -0.39 is 14.9 Å². The van der Waals surface area contributed by atoms with Gasteiger partial charge in [0.1, 0.15) is 0 Å². The molecule has 0 bridgehead atoms. The Balaban J connectivity index is 1.84. The molecule has 0 spiro atoms. The second kappa shape index (κ2) is 8.12. The van der Waals surface area contributed by atoms with Crippen molar-refractivity contribution in [2.24, 2.45) is 5.14 Å². The molecule has 9 heteroatoms. The van der Waals surface area contributed by atoms with Crippen molar-refractivity contribution in [1.29, 1.82) is 0 Å². The van der Waals surface area contributed by atoms with E-state index in [1.54, 1.807) is 0 Å². The van der Waals surface area contributed by atoms with Crippen molar-refractivity contribution in [3.05, 3.63) is 28.3 Å². The molecule has 0 aromatic heterocycles. The number of hydrogen-bond donors (Lipinski definition) is 2. The van der Waals surface area contributed by atoms with Crippen molar-refractivity contribution >= 4 is 21.4 Å². The van der Waals surface area contributed by atoms with E-state index in [0.29, 0.717) is 12.2 Å². The maximum absolute atomic E-state index is 11.7. The molecule has 1 saturated heterocycles. The van der Waals surface area contributed by atoms with Gasteiger partial charge in [-0.1, -0.05) is 25.7 Å². The number of nitro benzene ring substituents is 1. The first-order valence-corrected chi connectivity index (χ1v) is 11.2. The summed E-state index contributed by atoms with van der Waals surface area (Å²) in [7, 11) is -4.02. The van der Waals surface area contributed by atoms with Crippen molar-refractivity contribution in [1.82, 2.24) is 4.90 Å². The van der Waals surface area contributed by atoms with Gasteiger partial charge in [0, 0.05) is 29.9 Å². The molecule has 1 aliphatic carbocycles. The lowest BCUT2D eigenvalue weighted by atomic mass is 9.79. The third-order valence-electron chi connectivity index (χ3n) is 5.86. The van der Waals surface area contributed by atoms with Crippen LogP contribution in [0.4, 0.5) is 11.4 Å². The van der Waals surface area contributed by atoms with Crippen LogP contribution in [-0.4, -0.2) is 43.4 Å². The van der Waals surface area contributed by atoms with Crippen LogP contribution < -0.4 is 10.5 Å². The summed E-state index contributed by atoms with van der Waals surface area (Å²) in [5, 5.41) is 19.7. The number of likely N-dealkylation sites (tertiary alicyclic amines) is 1. The van der Waals surface area contributed by atoms with Gasteiger partial charge in [0.05, 0.1) is 9.82 Å². The van der Waals surface area contributed by atoms with E-state index in [-0.39, 0.29) is 16.1 Å². The van der Waals surface area contributed by atoms with E-state index >= 15 is 0 Å². The van der Waals surface area contributed by atoms with Crippen LogP contribution in [0.15, 0.2) is 23.1 Å². The molecule has 150 valence electrons. The predicted octanol–water partition coefficient (Wildman–Crippen LogP) is 2.84. The van der Waals surface area contributed by atoms with E-state index in [9.17, 15) is 18.5 Å². The summed E-state index contributed by atoms with van der Waals surface area (Å²) < 4.78 is 23.4. The number of benzene rings is 1. The second-order valence-electron chi connectivity index (χ2n) is 7.70. The number of non-ortho nitro benzene ring substituents is 1. The fourth-order valence-electron chi connectivity index (χ4n) is 4.40. The van der Waals surface area contributed by atoms with E-state index in [4.69, 9.17) is 5.14 Å². The van der Waals surface area contributed by atoms with Crippen LogP contribution in [-0.2, 0) is 10.0 Å². The Hall–Kier alpha value is -1.71. The Morgan fingerprint density at radius 1 is 1.07 bits per heavy atom. The molecule has 3 rings (SSSR count). The highest BCUT2D eigenvalue weighted by atomic mass is 32.2. The number of rotatable bonds is 6. The van der Waals surface area contributed by atoms with E-state index in [0.717, 1.165) is 32.0 Å². The number of anilines is 1. The number of sulfonamides is 1. The first-order valence-electron chi connectivity index (χ1n) is 9.61. The van der Waals surface area contributed by atoms with Gasteiger partial charge in [-0.3, -0.25) is 15.0 Å². The highest BCUT2D eigenvalue weighted by Crippen LogP contribution is 2.36. The van der Waals surface area contributed by atoms with Gasteiger partial charge in [-0.25, -0.2) is 13.6 Å². The largest absolute Gasteiger partial charge is 0.383 e. The van der Waals surface area contributed by atoms with Crippen molar-refractivity contribution in [3.8, 4) is 0 Å². The molecule has 0 unspecified atom stereocenters. The molecule has 2 fully saturated rings. The fraction of sp³-hybridized carbons (Fsp3) is 0.667. The summed E-state index contributed by atoms with van der Waals surface area (Å²) >= 11 is 0. The van der Waals surface area contributed by atoms with Crippen molar-refractivity contribution in [2.75, 3.05) is 25.0 Å². The molecule has 1 saturated carbocycles. The Kier molecular flexibility index (Phi) is 6.02. The van der Waals surface area contributed by atoms with Crippen molar-refractivity contribution in [3.63, 3.8) is 0 Å². The standard InChI is InChI=1S/C18H28N4O4S/c19-27(25,26)17-12-15(11-16(13-17)22(23)24)20-14-18(7-3-1-4-8-18)21-9-5-2-6-10-21/h11-13,20H,1-10,14H2,(H2,19,25,26). The van der Waals surface area contributed by atoms with Crippen LogP contribution in [0.5, 0.6) is 0 Å². The Morgan fingerprint density at radius 2 is 1.70 bits per heavy atom. The molecule has 1 heterocycles. The van der Waals surface area contributed by atoms with Crippen LogP contribution >= 0.6 is 0 Å². The lowest BCUT2D eigenvalue weighted by Crippen LogP contribution is -2.56. The third-order valence-corrected chi connectivity index (χ3v) is 6.76. The highest BCUT2D eigenvalue weighted by Gasteiger charge is 2.38. The first-order chi connectivity index (χ1) is 12.8. The molecule has 1 aromatic rings.